The van der Waals surface area contributed by atoms with Crippen LogP contribution < -0.4 is 11.5 Å². The molecule has 158 valence electrons. The molecule has 11 heteroatoms. The molecular formula is C19H24N8O2S. The summed E-state index contributed by atoms with van der Waals surface area (Å²) >= 11 is 1.23. The van der Waals surface area contributed by atoms with Crippen LogP contribution >= 0.6 is 11.8 Å². The molecule has 0 saturated carbocycles. The number of anilines is 1. The monoisotopic (exact) mass is 428 g/mol. The second-order valence-electron chi connectivity index (χ2n) is 7.28. The maximum absolute atomic E-state index is 11.2. The SMILES string of the molecule is Cc1cccc(Cn2nnc(-c3nnc(SCC(N)=O)n3CC3CCCO3)c2N)c1. The number of thioether (sulfide) groups is 1. The van der Waals surface area contributed by atoms with Crippen LogP contribution in [0.2, 0.25) is 0 Å². The summed E-state index contributed by atoms with van der Waals surface area (Å²) in [7, 11) is 0. The highest BCUT2D eigenvalue weighted by Crippen LogP contribution is 2.28. The van der Waals surface area contributed by atoms with Gasteiger partial charge in [-0.3, -0.25) is 9.36 Å². The van der Waals surface area contributed by atoms with Gasteiger partial charge in [-0.1, -0.05) is 46.8 Å². The van der Waals surface area contributed by atoms with E-state index in [1.54, 1.807) is 4.68 Å². The Balaban J connectivity index is 1.64. The van der Waals surface area contributed by atoms with Crippen LogP contribution in [-0.4, -0.2) is 54.1 Å². The summed E-state index contributed by atoms with van der Waals surface area (Å²) in [6.07, 6.45) is 2.02. The first kappa shape index (κ1) is 20.4. The summed E-state index contributed by atoms with van der Waals surface area (Å²) in [5.41, 5.74) is 14.4. The average molecular weight is 429 g/mol. The van der Waals surface area contributed by atoms with Crippen molar-refractivity contribution in [2.75, 3.05) is 18.1 Å². The van der Waals surface area contributed by atoms with Crippen molar-refractivity contribution in [1.82, 2.24) is 29.8 Å². The molecule has 30 heavy (non-hydrogen) atoms. The third kappa shape index (κ3) is 4.46. The minimum atomic E-state index is -0.420. The highest BCUT2D eigenvalue weighted by atomic mass is 32.2. The van der Waals surface area contributed by atoms with Crippen LogP contribution in [0, 0.1) is 6.92 Å². The van der Waals surface area contributed by atoms with Gasteiger partial charge in [0.05, 0.1) is 24.9 Å². The van der Waals surface area contributed by atoms with Crippen molar-refractivity contribution in [1.29, 1.82) is 0 Å². The molecule has 1 aromatic carbocycles. The third-order valence-corrected chi connectivity index (χ3v) is 5.86. The van der Waals surface area contributed by atoms with E-state index in [1.807, 2.05) is 29.7 Å². The van der Waals surface area contributed by atoms with Gasteiger partial charge in [-0.2, -0.15) is 0 Å². The molecule has 4 rings (SSSR count). The van der Waals surface area contributed by atoms with Gasteiger partial charge >= 0.3 is 0 Å². The number of carbonyl (C=O) groups is 1. The standard InChI is InChI=1S/C19H24N8O2S/c1-12-4-2-5-13(8-12)9-27-17(21)16(22-25-27)18-23-24-19(30-11-15(20)28)26(18)10-14-6-3-7-29-14/h2,4-5,8,14H,3,6-7,9-11,21H2,1H3,(H2,20,28). The molecule has 0 aliphatic carbocycles. The molecule has 3 heterocycles. The number of aryl methyl sites for hydroxylation is 1. The Morgan fingerprint density at radius 3 is 2.93 bits per heavy atom. The maximum Gasteiger partial charge on any atom is 0.227 e. The number of carbonyl (C=O) groups excluding carboxylic acids is 1. The van der Waals surface area contributed by atoms with Crippen molar-refractivity contribution >= 4 is 23.5 Å². The molecule has 1 amide bonds. The minimum Gasteiger partial charge on any atom is -0.382 e. The second kappa shape index (κ2) is 8.84. The number of hydrogen-bond acceptors (Lipinski definition) is 8. The molecule has 0 bridgehead atoms. The van der Waals surface area contributed by atoms with Crippen molar-refractivity contribution in [3.8, 4) is 11.5 Å². The van der Waals surface area contributed by atoms with Gasteiger partial charge in [0.1, 0.15) is 0 Å². The number of nitrogens with zero attached hydrogens (tertiary/aromatic N) is 6. The topological polar surface area (TPSA) is 140 Å². The number of benzene rings is 1. The number of amides is 1. The van der Waals surface area contributed by atoms with E-state index in [4.69, 9.17) is 16.2 Å². The predicted molar refractivity (Wildman–Crippen MR) is 113 cm³/mol. The van der Waals surface area contributed by atoms with Crippen LogP contribution in [0.5, 0.6) is 0 Å². The van der Waals surface area contributed by atoms with Gasteiger partial charge in [0.25, 0.3) is 0 Å². The van der Waals surface area contributed by atoms with Crippen LogP contribution in [0.25, 0.3) is 11.5 Å². The summed E-state index contributed by atoms with van der Waals surface area (Å²) < 4.78 is 9.31. The van der Waals surface area contributed by atoms with Gasteiger partial charge in [0, 0.05) is 6.61 Å². The Labute approximate surface area is 178 Å². The number of aromatic nitrogens is 6. The first-order valence-electron chi connectivity index (χ1n) is 9.72. The Bertz CT molecular complexity index is 1040. The highest BCUT2D eigenvalue weighted by molar-refractivity contribution is 7.99. The summed E-state index contributed by atoms with van der Waals surface area (Å²) in [5.74, 6) is 0.602. The average Bonchev–Trinajstić information content (AvgIpc) is 3.43. The summed E-state index contributed by atoms with van der Waals surface area (Å²) in [4.78, 5) is 11.2. The molecule has 1 unspecified atom stereocenters. The number of hydrogen-bond donors (Lipinski definition) is 2. The van der Waals surface area contributed by atoms with Crippen molar-refractivity contribution in [2.24, 2.45) is 5.73 Å². The second-order valence-corrected chi connectivity index (χ2v) is 8.22. The van der Waals surface area contributed by atoms with Gasteiger partial charge in [0.15, 0.2) is 22.5 Å². The first-order chi connectivity index (χ1) is 14.5. The van der Waals surface area contributed by atoms with Crippen LogP contribution in [0.4, 0.5) is 5.82 Å². The number of nitrogens with two attached hydrogens (primary N) is 2. The van der Waals surface area contributed by atoms with Gasteiger partial charge in [0.2, 0.25) is 5.91 Å². The molecule has 10 nitrogen and oxygen atoms in total. The van der Waals surface area contributed by atoms with E-state index in [9.17, 15) is 4.79 Å². The van der Waals surface area contributed by atoms with Gasteiger partial charge < -0.3 is 16.2 Å². The van der Waals surface area contributed by atoms with Crippen molar-refractivity contribution < 1.29 is 9.53 Å². The van der Waals surface area contributed by atoms with Crippen LogP contribution in [0.15, 0.2) is 29.4 Å². The van der Waals surface area contributed by atoms with Crippen LogP contribution in [0.3, 0.4) is 0 Å². The van der Waals surface area contributed by atoms with Gasteiger partial charge in [-0.05, 0) is 25.3 Å². The lowest BCUT2D eigenvalue weighted by Gasteiger charge is -2.14. The third-order valence-electron chi connectivity index (χ3n) is 4.87. The maximum atomic E-state index is 11.2. The first-order valence-corrected chi connectivity index (χ1v) is 10.7. The van der Waals surface area contributed by atoms with Crippen molar-refractivity contribution in [3.05, 3.63) is 35.4 Å². The molecule has 1 aliphatic heterocycles. The Morgan fingerprint density at radius 1 is 1.33 bits per heavy atom. The zero-order chi connectivity index (χ0) is 21.1. The molecule has 3 aromatic rings. The summed E-state index contributed by atoms with van der Waals surface area (Å²) in [6.45, 7) is 3.83. The highest BCUT2D eigenvalue weighted by Gasteiger charge is 2.25. The van der Waals surface area contributed by atoms with Crippen LogP contribution in [-0.2, 0) is 22.6 Å². The fourth-order valence-electron chi connectivity index (χ4n) is 3.44. The molecule has 4 N–H and O–H groups in total. The Morgan fingerprint density at radius 2 is 2.20 bits per heavy atom. The largest absolute Gasteiger partial charge is 0.382 e. The predicted octanol–water partition coefficient (Wildman–Crippen LogP) is 1.23. The normalized spacial score (nSPS) is 16.2. The van der Waals surface area contributed by atoms with Gasteiger partial charge in [-0.25, -0.2) is 4.68 Å². The number of nitrogen functional groups attached to an aromatic ring is 1. The van der Waals surface area contributed by atoms with E-state index in [-0.39, 0.29) is 11.9 Å². The molecule has 1 saturated heterocycles. The number of ether oxygens (including phenoxy) is 1. The van der Waals surface area contributed by atoms with E-state index >= 15 is 0 Å². The fraction of sp³-hybridized carbons (Fsp3) is 0.421. The molecule has 2 aromatic heterocycles. The molecule has 1 fully saturated rings. The Hall–Kier alpha value is -2.92. The number of rotatable bonds is 8. The lowest BCUT2D eigenvalue weighted by Crippen LogP contribution is -2.18. The van der Waals surface area contributed by atoms with E-state index in [0.29, 0.717) is 35.6 Å². The smallest absolute Gasteiger partial charge is 0.227 e. The quantitative estimate of drug-likeness (QED) is 0.511. The summed E-state index contributed by atoms with van der Waals surface area (Å²) in [5, 5.41) is 17.6. The molecule has 0 spiro atoms. The zero-order valence-electron chi connectivity index (χ0n) is 16.7. The molecular weight excluding hydrogens is 404 g/mol. The fourth-order valence-corrected chi connectivity index (χ4v) is 4.13. The van der Waals surface area contributed by atoms with E-state index in [2.05, 4.69) is 26.6 Å². The molecule has 0 radical (unpaired) electrons. The Kier molecular flexibility index (Phi) is 6.00. The van der Waals surface area contributed by atoms with E-state index < -0.39 is 5.91 Å². The van der Waals surface area contributed by atoms with E-state index in [1.165, 1.54) is 17.3 Å². The van der Waals surface area contributed by atoms with Crippen molar-refractivity contribution in [2.45, 2.75) is 44.1 Å². The molecule has 1 atom stereocenters. The molecule has 1 aliphatic rings. The van der Waals surface area contributed by atoms with Crippen LogP contribution in [0.1, 0.15) is 24.0 Å². The van der Waals surface area contributed by atoms with Gasteiger partial charge in [-0.15, -0.1) is 15.3 Å². The lowest BCUT2D eigenvalue weighted by atomic mass is 10.1. The lowest BCUT2D eigenvalue weighted by molar-refractivity contribution is -0.115. The number of primary amides is 1. The van der Waals surface area contributed by atoms with E-state index in [0.717, 1.165) is 25.0 Å². The zero-order valence-corrected chi connectivity index (χ0v) is 17.5. The minimum absolute atomic E-state index is 0.0521. The van der Waals surface area contributed by atoms with Crippen molar-refractivity contribution in [3.63, 3.8) is 0 Å². The summed E-state index contributed by atoms with van der Waals surface area (Å²) in [6, 6.07) is 8.14.